The summed E-state index contributed by atoms with van der Waals surface area (Å²) >= 11 is 0. The van der Waals surface area contributed by atoms with Gasteiger partial charge < -0.3 is 15.2 Å². The van der Waals surface area contributed by atoms with Crippen LogP contribution in [0, 0.1) is 20.8 Å². The molecular weight excluding hydrogens is 214 g/mol. The number of aliphatic hydroxyl groups is 1. The third-order valence-electron chi connectivity index (χ3n) is 3.00. The van der Waals surface area contributed by atoms with Crippen molar-refractivity contribution in [1.82, 2.24) is 5.32 Å². The van der Waals surface area contributed by atoms with Gasteiger partial charge in [0.2, 0.25) is 0 Å². The average molecular weight is 237 g/mol. The maximum Gasteiger partial charge on any atom is 0.0638 e. The highest BCUT2D eigenvalue weighted by atomic mass is 16.5. The van der Waals surface area contributed by atoms with Gasteiger partial charge in [0, 0.05) is 13.7 Å². The van der Waals surface area contributed by atoms with Crippen LogP contribution >= 0.6 is 0 Å². The van der Waals surface area contributed by atoms with Gasteiger partial charge in [0.05, 0.1) is 19.3 Å². The van der Waals surface area contributed by atoms with E-state index in [0.29, 0.717) is 6.61 Å². The van der Waals surface area contributed by atoms with Crippen LogP contribution in [-0.4, -0.2) is 31.5 Å². The molecule has 1 aromatic rings. The maximum atomic E-state index is 9.18. The Bertz CT molecular complexity index is 340. The second-order valence-electron chi connectivity index (χ2n) is 4.59. The molecule has 0 amide bonds. The first-order chi connectivity index (χ1) is 8.08. The van der Waals surface area contributed by atoms with E-state index in [1.807, 2.05) is 0 Å². The Hall–Kier alpha value is -0.900. The molecule has 0 saturated carbocycles. The normalized spacial score (nSPS) is 12.8. The molecule has 0 aromatic heterocycles. The predicted octanol–water partition coefficient (Wildman–Crippen LogP) is 1.71. The first kappa shape index (κ1) is 14.2. The van der Waals surface area contributed by atoms with Gasteiger partial charge in [-0.25, -0.2) is 0 Å². The van der Waals surface area contributed by atoms with E-state index in [0.717, 1.165) is 6.54 Å². The van der Waals surface area contributed by atoms with Crippen LogP contribution in [0.15, 0.2) is 12.1 Å². The van der Waals surface area contributed by atoms with Crippen LogP contribution in [0.2, 0.25) is 0 Å². The Morgan fingerprint density at radius 3 is 2.29 bits per heavy atom. The molecule has 0 bridgehead atoms. The number of rotatable bonds is 6. The lowest BCUT2D eigenvalue weighted by atomic mass is 9.99. The number of aryl methyl sites for hydroxylation is 3. The molecule has 0 saturated heterocycles. The Kier molecular flexibility index (Phi) is 5.62. The predicted molar refractivity (Wildman–Crippen MR) is 70.2 cm³/mol. The fourth-order valence-electron chi connectivity index (χ4n) is 2.11. The topological polar surface area (TPSA) is 41.5 Å². The second kappa shape index (κ2) is 6.74. The fraction of sp³-hybridized carbons (Fsp3) is 0.571. The summed E-state index contributed by atoms with van der Waals surface area (Å²) in [4.78, 5) is 0. The maximum absolute atomic E-state index is 9.18. The van der Waals surface area contributed by atoms with Crippen molar-refractivity contribution in [2.75, 3.05) is 20.3 Å². The Morgan fingerprint density at radius 1 is 1.24 bits per heavy atom. The highest BCUT2D eigenvalue weighted by molar-refractivity contribution is 5.37. The summed E-state index contributed by atoms with van der Waals surface area (Å²) in [7, 11) is 1.65. The van der Waals surface area contributed by atoms with Crippen molar-refractivity contribution >= 4 is 0 Å². The molecule has 0 radical (unpaired) electrons. The minimum absolute atomic E-state index is 0.0000954. The molecule has 0 aliphatic heterocycles. The van der Waals surface area contributed by atoms with E-state index in [1.54, 1.807) is 7.11 Å². The summed E-state index contributed by atoms with van der Waals surface area (Å²) in [5, 5.41) is 12.5. The highest BCUT2D eigenvalue weighted by Crippen LogP contribution is 2.16. The first-order valence-electron chi connectivity index (χ1n) is 5.98. The van der Waals surface area contributed by atoms with Crippen molar-refractivity contribution in [3.05, 3.63) is 34.4 Å². The first-order valence-corrected chi connectivity index (χ1v) is 5.98. The van der Waals surface area contributed by atoms with Crippen LogP contribution < -0.4 is 5.32 Å². The largest absolute Gasteiger partial charge is 0.395 e. The highest BCUT2D eigenvalue weighted by Gasteiger charge is 2.08. The van der Waals surface area contributed by atoms with E-state index >= 15 is 0 Å². The number of ether oxygens (including phenoxy) is 1. The zero-order valence-electron chi connectivity index (χ0n) is 11.2. The standard InChI is InChI=1S/C14H23NO2/c1-10-5-11(2)14(12(3)6-10)7-15-13(8-16)9-17-4/h5-6,13,15-16H,7-9H2,1-4H3. The van der Waals surface area contributed by atoms with Gasteiger partial charge in [-0.05, 0) is 37.5 Å². The van der Waals surface area contributed by atoms with Crippen LogP contribution in [0.3, 0.4) is 0 Å². The van der Waals surface area contributed by atoms with Crippen molar-refractivity contribution in [1.29, 1.82) is 0 Å². The molecule has 1 atom stereocenters. The molecule has 0 aliphatic carbocycles. The number of hydrogen-bond acceptors (Lipinski definition) is 3. The van der Waals surface area contributed by atoms with E-state index in [1.165, 1.54) is 22.3 Å². The molecular formula is C14H23NO2. The molecule has 1 unspecified atom stereocenters. The molecule has 1 rings (SSSR count). The second-order valence-corrected chi connectivity index (χ2v) is 4.59. The van der Waals surface area contributed by atoms with Gasteiger partial charge in [-0.2, -0.15) is 0 Å². The van der Waals surface area contributed by atoms with Crippen LogP contribution in [0.5, 0.6) is 0 Å². The van der Waals surface area contributed by atoms with Crippen LogP contribution in [-0.2, 0) is 11.3 Å². The van der Waals surface area contributed by atoms with E-state index in [-0.39, 0.29) is 12.6 Å². The Balaban J connectivity index is 2.68. The van der Waals surface area contributed by atoms with Gasteiger partial charge >= 0.3 is 0 Å². The molecule has 1 aromatic carbocycles. The summed E-state index contributed by atoms with van der Waals surface area (Å²) in [6, 6.07) is 4.38. The summed E-state index contributed by atoms with van der Waals surface area (Å²) in [5.41, 5.74) is 5.19. The number of benzene rings is 1. The summed E-state index contributed by atoms with van der Waals surface area (Å²) in [6.45, 7) is 7.76. The van der Waals surface area contributed by atoms with Gasteiger partial charge in [0.25, 0.3) is 0 Å². The molecule has 3 nitrogen and oxygen atoms in total. The summed E-state index contributed by atoms with van der Waals surface area (Å²) in [6.07, 6.45) is 0. The molecule has 3 heteroatoms. The minimum atomic E-state index is 0.0000954. The van der Waals surface area contributed by atoms with Crippen LogP contribution in [0.1, 0.15) is 22.3 Å². The van der Waals surface area contributed by atoms with Crippen molar-refractivity contribution in [2.24, 2.45) is 0 Å². The van der Waals surface area contributed by atoms with Gasteiger partial charge in [0.15, 0.2) is 0 Å². The molecule has 0 spiro atoms. The molecule has 0 heterocycles. The average Bonchev–Trinajstić information content (AvgIpc) is 2.26. The Morgan fingerprint density at radius 2 is 1.82 bits per heavy atom. The van der Waals surface area contributed by atoms with E-state index in [4.69, 9.17) is 4.74 Å². The van der Waals surface area contributed by atoms with Crippen molar-refractivity contribution in [2.45, 2.75) is 33.4 Å². The molecule has 2 N–H and O–H groups in total. The quantitative estimate of drug-likeness (QED) is 0.791. The summed E-state index contributed by atoms with van der Waals surface area (Å²) in [5.74, 6) is 0. The lowest BCUT2D eigenvalue weighted by molar-refractivity contribution is 0.128. The van der Waals surface area contributed by atoms with Gasteiger partial charge in [-0.3, -0.25) is 0 Å². The van der Waals surface area contributed by atoms with Crippen molar-refractivity contribution < 1.29 is 9.84 Å². The molecule has 17 heavy (non-hydrogen) atoms. The number of methoxy groups -OCH3 is 1. The smallest absolute Gasteiger partial charge is 0.0638 e. The van der Waals surface area contributed by atoms with Gasteiger partial charge in [-0.1, -0.05) is 17.7 Å². The lowest BCUT2D eigenvalue weighted by Gasteiger charge is -2.18. The zero-order valence-corrected chi connectivity index (χ0v) is 11.2. The SMILES string of the molecule is COCC(CO)NCc1c(C)cc(C)cc1C. The van der Waals surface area contributed by atoms with Gasteiger partial charge in [0.1, 0.15) is 0 Å². The van der Waals surface area contributed by atoms with E-state index in [2.05, 4.69) is 38.2 Å². The van der Waals surface area contributed by atoms with Crippen molar-refractivity contribution in [3.63, 3.8) is 0 Å². The summed E-state index contributed by atoms with van der Waals surface area (Å²) < 4.78 is 5.04. The number of aliphatic hydroxyl groups excluding tert-OH is 1. The number of nitrogens with one attached hydrogen (secondary N) is 1. The lowest BCUT2D eigenvalue weighted by Crippen LogP contribution is -2.36. The Labute approximate surface area is 104 Å². The minimum Gasteiger partial charge on any atom is -0.395 e. The van der Waals surface area contributed by atoms with Crippen LogP contribution in [0.4, 0.5) is 0 Å². The van der Waals surface area contributed by atoms with Gasteiger partial charge in [-0.15, -0.1) is 0 Å². The van der Waals surface area contributed by atoms with E-state index < -0.39 is 0 Å². The van der Waals surface area contributed by atoms with Crippen LogP contribution in [0.25, 0.3) is 0 Å². The third-order valence-corrected chi connectivity index (χ3v) is 3.00. The fourth-order valence-corrected chi connectivity index (χ4v) is 2.11. The van der Waals surface area contributed by atoms with E-state index in [9.17, 15) is 5.11 Å². The molecule has 0 aliphatic rings. The zero-order chi connectivity index (χ0) is 12.8. The number of hydrogen-bond donors (Lipinski definition) is 2. The third kappa shape index (κ3) is 4.11. The van der Waals surface area contributed by atoms with Crippen molar-refractivity contribution in [3.8, 4) is 0 Å². The monoisotopic (exact) mass is 237 g/mol. The molecule has 0 fully saturated rings. The molecule has 96 valence electrons.